The van der Waals surface area contributed by atoms with E-state index in [-0.39, 0.29) is 29.7 Å². The van der Waals surface area contributed by atoms with Crippen LogP contribution in [0, 0.1) is 5.92 Å². The molecule has 0 bridgehead atoms. The maximum atomic E-state index is 13.3. The van der Waals surface area contributed by atoms with E-state index in [0.717, 1.165) is 35.5 Å². The molecule has 2 aromatic carbocycles. The highest BCUT2D eigenvalue weighted by atomic mass is 32.1. The number of amides is 2. The minimum atomic E-state index is -0.243. The summed E-state index contributed by atoms with van der Waals surface area (Å²) >= 11 is 1.74. The maximum Gasteiger partial charge on any atom is 0.228 e. The van der Waals surface area contributed by atoms with Crippen molar-refractivity contribution in [2.24, 2.45) is 5.92 Å². The van der Waals surface area contributed by atoms with Crippen molar-refractivity contribution >= 4 is 33.4 Å². The normalized spacial score (nSPS) is 22.8. The van der Waals surface area contributed by atoms with Gasteiger partial charge in [0.25, 0.3) is 0 Å². The smallest absolute Gasteiger partial charge is 0.228 e. The van der Waals surface area contributed by atoms with E-state index in [1.165, 1.54) is 4.70 Å². The summed E-state index contributed by atoms with van der Waals surface area (Å²) in [6, 6.07) is 18.2. The molecule has 2 saturated heterocycles. The number of thiazole rings is 1. The fraction of sp³-hybridized carbons (Fsp3) is 0.400. The van der Waals surface area contributed by atoms with Gasteiger partial charge in [-0.2, -0.15) is 0 Å². The van der Waals surface area contributed by atoms with Crippen LogP contribution in [0.5, 0.6) is 0 Å². The zero-order valence-electron chi connectivity index (χ0n) is 17.7. The molecule has 3 atom stereocenters. The van der Waals surface area contributed by atoms with Gasteiger partial charge in [-0.3, -0.25) is 9.59 Å². The third-order valence-corrected chi connectivity index (χ3v) is 7.85. The first kappa shape index (κ1) is 20.2. The second-order valence-corrected chi connectivity index (χ2v) is 9.74. The number of likely N-dealkylation sites (tertiary alicyclic amines) is 2. The van der Waals surface area contributed by atoms with Gasteiger partial charge in [0, 0.05) is 32.0 Å². The summed E-state index contributed by atoms with van der Waals surface area (Å²) in [5, 5.41) is 1.13. The Bertz CT molecular complexity index is 1060. The van der Waals surface area contributed by atoms with E-state index in [0.29, 0.717) is 19.5 Å². The first-order valence-electron chi connectivity index (χ1n) is 11.1. The van der Waals surface area contributed by atoms with Crippen LogP contribution >= 0.6 is 11.3 Å². The summed E-state index contributed by atoms with van der Waals surface area (Å²) in [7, 11) is 0. The molecule has 5 rings (SSSR count). The SMILES string of the molecule is C[C@H](c1ccccc1)N1C[C@H](C(=O)N2CCC[C@@H](c3nc4ccccc4s3)C2)CC1=O. The van der Waals surface area contributed by atoms with E-state index in [4.69, 9.17) is 4.98 Å². The van der Waals surface area contributed by atoms with Crippen molar-refractivity contribution in [1.82, 2.24) is 14.8 Å². The number of para-hydroxylation sites is 1. The van der Waals surface area contributed by atoms with Crippen molar-refractivity contribution in [1.29, 1.82) is 0 Å². The first-order chi connectivity index (χ1) is 15.1. The van der Waals surface area contributed by atoms with Crippen LogP contribution in [-0.2, 0) is 9.59 Å². The van der Waals surface area contributed by atoms with E-state index in [9.17, 15) is 9.59 Å². The van der Waals surface area contributed by atoms with E-state index >= 15 is 0 Å². The zero-order chi connectivity index (χ0) is 21.4. The Balaban J connectivity index is 1.27. The molecule has 2 aliphatic rings. The number of nitrogens with zero attached hydrogens (tertiary/aromatic N) is 3. The molecule has 2 amide bonds. The standard InChI is InChI=1S/C25H27N3O2S/c1-17(18-8-3-2-4-9-18)28-16-20(14-23(28)29)25(30)27-13-7-10-19(15-27)24-26-21-11-5-6-12-22(21)31-24/h2-6,8-9,11-12,17,19-20H,7,10,13-16H2,1H3/t17-,19-,20-/m1/s1. The number of carbonyl (C=O) groups excluding carboxylic acids is 2. The monoisotopic (exact) mass is 433 g/mol. The molecular formula is C25H27N3O2S. The summed E-state index contributed by atoms with van der Waals surface area (Å²) in [6.07, 6.45) is 2.36. The summed E-state index contributed by atoms with van der Waals surface area (Å²) in [5.41, 5.74) is 2.15. The number of piperidine rings is 1. The van der Waals surface area contributed by atoms with E-state index < -0.39 is 0 Å². The second kappa shape index (κ2) is 8.42. The molecule has 2 fully saturated rings. The number of hydrogen-bond donors (Lipinski definition) is 0. The molecule has 6 heteroatoms. The summed E-state index contributed by atoms with van der Waals surface area (Å²) in [6.45, 7) is 4.04. The van der Waals surface area contributed by atoms with E-state index in [1.807, 2.05) is 65.3 Å². The lowest BCUT2D eigenvalue weighted by Gasteiger charge is -2.33. The Morgan fingerprint density at radius 3 is 2.68 bits per heavy atom. The minimum Gasteiger partial charge on any atom is -0.342 e. The van der Waals surface area contributed by atoms with Crippen LogP contribution in [0.3, 0.4) is 0 Å². The highest BCUT2D eigenvalue weighted by molar-refractivity contribution is 7.18. The molecule has 2 aliphatic heterocycles. The average Bonchev–Trinajstić information content (AvgIpc) is 3.42. The van der Waals surface area contributed by atoms with Gasteiger partial charge in [-0.15, -0.1) is 11.3 Å². The van der Waals surface area contributed by atoms with Gasteiger partial charge in [0.05, 0.1) is 27.2 Å². The van der Waals surface area contributed by atoms with E-state index in [2.05, 4.69) is 6.07 Å². The molecule has 31 heavy (non-hydrogen) atoms. The number of rotatable bonds is 4. The topological polar surface area (TPSA) is 53.5 Å². The van der Waals surface area contributed by atoms with Crippen molar-refractivity contribution < 1.29 is 9.59 Å². The van der Waals surface area contributed by atoms with Gasteiger partial charge in [0.1, 0.15) is 0 Å². The molecule has 0 radical (unpaired) electrons. The van der Waals surface area contributed by atoms with Gasteiger partial charge < -0.3 is 9.80 Å². The van der Waals surface area contributed by atoms with Crippen molar-refractivity contribution in [3.05, 3.63) is 65.2 Å². The Labute approximate surface area is 186 Å². The summed E-state index contributed by atoms with van der Waals surface area (Å²) in [5.74, 6) is 0.246. The number of benzene rings is 2. The fourth-order valence-electron chi connectivity index (χ4n) is 4.88. The molecule has 0 spiro atoms. The molecule has 1 aromatic heterocycles. The van der Waals surface area contributed by atoms with Gasteiger partial charge in [-0.25, -0.2) is 4.98 Å². The number of carbonyl (C=O) groups is 2. The third kappa shape index (κ3) is 3.97. The van der Waals surface area contributed by atoms with Gasteiger partial charge in [0.2, 0.25) is 11.8 Å². The Morgan fingerprint density at radius 1 is 1.10 bits per heavy atom. The first-order valence-corrected chi connectivity index (χ1v) is 11.9. The maximum absolute atomic E-state index is 13.3. The van der Waals surface area contributed by atoms with Crippen LogP contribution in [0.4, 0.5) is 0 Å². The Hall–Kier alpha value is -2.73. The van der Waals surface area contributed by atoms with Gasteiger partial charge in [-0.1, -0.05) is 42.5 Å². The van der Waals surface area contributed by atoms with Crippen LogP contribution in [0.1, 0.15) is 48.7 Å². The van der Waals surface area contributed by atoms with Crippen molar-refractivity contribution in [2.45, 2.75) is 38.1 Å². The lowest BCUT2D eigenvalue weighted by Crippen LogP contribution is -2.43. The molecular weight excluding hydrogens is 406 g/mol. The quantitative estimate of drug-likeness (QED) is 0.604. The zero-order valence-corrected chi connectivity index (χ0v) is 18.6. The van der Waals surface area contributed by atoms with Gasteiger partial charge in [0.15, 0.2) is 0 Å². The second-order valence-electron chi connectivity index (χ2n) is 8.68. The highest BCUT2D eigenvalue weighted by Gasteiger charge is 2.40. The summed E-state index contributed by atoms with van der Waals surface area (Å²) < 4.78 is 1.20. The predicted octanol–water partition coefficient (Wildman–Crippen LogP) is 4.61. The van der Waals surface area contributed by atoms with Crippen LogP contribution in [0.2, 0.25) is 0 Å². The molecule has 0 N–H and O–H groups in total. The molecule has 0 unspecified atom stereocenters. The molecule has 0 saturated carbocycles. The molecule has 3 aromatic rings. The van der Waals surface area contributed by atoms with Gasteiger partial charge >= 0.3 is 0 Å². The molecule has 5 nitrogen and oxygen atoms in total. The van der Waals surface area contributed by atoms with Crippen LogP contribution in [-0.4, -0.2) is 46.2 Å². The predicted molar refractivity (Wildman–Crippen MR) is 123 cm³/mol. The Kier molecular flexibility index (Phi) is 5.48. The lowest BCUT2D eigenvalue weighted by molar-refractivity contribution is -0.137. The fourth-order valence-corrected chi connectivity index (χ4v) is 5.98. The highest BCUT2D eigenvalue weighted by Crippen LogP contribution is 2.35. The Morgan fingerprint density at radius 2 is 1.87 bits per heavy atom. The van der Waals surface area contributed by atoms with Crippen molar-refractivity contribution in [3.8, 4) is 0 Å². The van der Waals surface area contributed by atoms with Crippen molar-refractivity contribution in [3.63, 3.8) is 0 Å². The van der Waals surface area contributed by atoms with Crippen LogP contribution in [0.25, 0.3) is 10.2 Å². The average molecular weight is 434 g/mol. The number of aromatic nitrogens is 1. The van der Waals surface area contributed by atoms with Gasteiger partial charge in [-0.05, 0) is 37.5 Å². The molecule has 160 valence electrons. The number of hydrogen-bond acceptors (Lipinski definition) is 4. The molecule has 3 heterocycles. The largest absolute Gasteiger partial charge is 0.342 e. The lowest BCUT2D eigenvalue weighted by atomic mass is 9.96. The van der Waals surface area contributed by atoms with E-state index in [1.54, 1.807) is 11.3 Å². The molecule has 0 aliphatic carbocycles. The minimum absolute atomic E-state index is 0.0108. The summed E-state index contributed by atoms with van der Waals surface area (Å²) in [4.78, 5) is 34.7. The van der Waals surface area contributed by atoms with Crippen molar-refractivity contribution in [2.75, 3.05) is 19.6 Å². The third-order valence-electron chi connectivity index (χ3n) is 6.65. The number of fused-ring (bicyclic) bond motifs is 1. The van der Waals surface area contributed by atoms with Crippen LogP contribution < -0.4 is 0 Å². The van der Waals surface area contributed by atoms with Crippen LogP contribution in [0.15, 0.2) is 54.6 Å².